The fraction of sp³-hybridized carbons (Fsp3) is 0.417. The third kappa shape index (κ3) is 7.83. The lowest BCUT2D eigenvalue weighted by Gasteiger charge is -2.23. The van der Waals surface area contributed by atoms with Crippen molar-refractivity contribution in [3.05, 3.63) is 58.9 Å². The van der Waals surface area contributed by atoms with E-state index in [4.69, 9.17) is 9.47 Å². The molecule has 0 aliphatic rings. The predicted octanol–water partition coefficient (Wildman–Crippen LogP) is 5.60. The van der Waals surface area contributed by atoms with Gasteiger partial charge in [-0.1, -0.05) is 12.1 Å². The van der Waals surface area contributed by atoms with E-state index < -0.39 is 64.1 Å². The third-order valence-corrected chi connectivity index (χ3v) is 4.13. The molecule has 11 heteroatoms. The van der Waals surface area contributed by atoms with E-state index in [9.17, 15) is 31.5 Å². The van der Waals surface area contributed by atoms with Gasteiger partial charge in [0.25, 0.3) is 0 Å². The largest absolute Gasteiger partial charge is 0.488 e. The fourth-order valence-corrected chi connectivity index (χ4v) is 2.77. The van der Waals surface area contributed by atoms with E-state index in [1.807, 2.05) is 20.8 Å². The van der Waals surface area contributed by atoms with Crippen molar-refractivity contribution in [2.45, 2.75) is 65.2 Å². The van der Waals surface area contributed by atoms with Gasteiger partial charge in [0.15, 0.2) is 0 Å². The summed E-state index contributed by atoms with van der Waals surface area (Å²) in [4.78, 5) is 24.9. The third-order valence-electron chi connectivity index (χ3n) is 4.13. The van der Waals surface area contributed by atoms with Gasteiger partial charge in [0.1, 0.15) is 23.0 Å². The molecule has 0 heterocycles. The fourth-order valence-electron chi connectivity index (χ4n) is 2.77. The van der Waals surface area contributed by atoms with Crippen LogP contribution in [0.3, 0.4) is 0 Å². The van der Waals surface area contributed by atoms with Crippen molar-refractivity contribution in [3.63, 3.8) is 0 Å². The minimum Gasteiger partial charge on any atom is -0.488 e. The van der Waals surface area contributed by atoms with Crippen LogP contribution in [0.4, 0.5) is 26.7 Å². The first-order valence-corrected chi connectivity index (χ1v) is 10.5. The van der Waals surface area contributed by atoms with Crippen molar-refractivity contribution in [2.24, 2.45) is 0 Å². The van der Waals surface area contributed by atoms with Crippen LogP contribution in [0.1, 0.15) is 47.1 Å². The van der Waals surface area contributed by atoms with Gasteiger partial charge in [-0.2, -0.15) is 8.78 Å². The number of carbonyl (C=O) groups is 2. The first kappa shape index (κ1) is 27.9. The first-order chi connectivity index (χ1) is 16.0. The summed E-state index contributed by atoms with van der Waals surface area (Å²) in [6, 6.07) is 4.72. The van der Waals surface area contributed by atoms with E-state index in [-0.39, 0.29) is 6.42 Å². The first-order valence-electron chi connectivity index (χ1n) is 10.5. The Kier molecular flexibility index (Phi) is 8.35. The minimum atomic E-state index is -2.40. The molecule has 0 bridgehead atoms. The lowest BCUT2D eigenvalue weighted by molar-refractivity contribution is -0.137. The zero-order valence-corrected chi connectivity index (χ0v) is 20.0. The second-order valence-electron chi connectivity index (χ2n) is 9.58. The van der Waals surface area contributed by atoms with Crippen molar-refractivity contribution >= 4 is 12.1 Å². The van der Waals surface area contributed by atoms with Crippen molar-refractivity contribution in [1.29, 1.82) is 0 Å². The van der Waals surface area contributed by atoms with Crippen LogP contribution in [0, 0.1) is 29.1 Å². The van der Waals surface area contributed by atoms with E-state index in [1.165, 1.54) is 0 Å². The van der Waals surface area contributed by atoms with Crippen LogP contribution in [0.2, 0.25) is 0 Å². The van der Waals surface area contributed by atoms with Gasteiger partial charge in [0.2, 0.25) is 34.8 Å². The second kappa shape index (κ2) is 10.5. The molecule has 0 aromatic heterocycles. The van der Waals surface area contributed by atoms with Gasteiger partial charge in [-0.05, 0) is 59.2 Å². The van der Waals surface area contributed by atoms with Crippen LogP contribution < -0.4 is 14.8 Å². The van der Waals surface area contributed by atoms with Crippen molar-refractivity contribution < 1.29 is 45.8 Å². The highest BCUT2D eigenvalue weighted by molar-refractivity contribution is 5.83. The topological polar surface area (TPSA) is 73.9 Å². The van der Waals surface area contributed by atoms with Gasteiger partial charge in [0.05, 0.1) is 0 Å². The van der Waals surface area contributed by atoms with Gasteiger partial charge in [-0.15, -0.1) is 0 Å². The Morgan fingerprint density at radius 3 is 1.74 bits per heavy atom. The lowest BCUT2D eigenvalue weighted by Crippen LogP contribution is -2.46. The maximum absolute atomic E-state index is 14.0. The maximum atomic E-state index is 14.0. The second-order valence-corrected chi connectivity index (χ2v) is 9.58. The summed E-state index contributed by atoms with van der Waals surface area (Å²) in [7, 11) is 0. The molecule has 2 aromatic rings. The maximum Gasteiger partial charge on any atom is 0.408 e. The van der Waals surface area contributed by atoms with Crippen molar-refractivity contribution in [2.75, 3.05) is 0 Å². The quantitative estimate of drug-likeness (QED) is 0.183. The van der Waals surface area contributed by atoms with E-state index in [2.05, 4.69) is 10.1 Å². The van der Waals surface area contributed by atoms with Crippen molar-refractivity contribution in [3.8, 4) is 11.5 Å². The average molecular weight is 503 g/mol. The Morgan fingerprint density at radius 2 is 1.29 bits per heavy atom. The summed E-state index contributed by atoms with van der Waals surface area (Å²) < 4.78 is 83.6. The molecule has 6 nitrogen and oxygen atoms in total. The Balaban J connectivity index is 2.32. The number of esters is 1. The van der Waals surface area contributed by atoms with Gasteiger partial charge in [0, 0.05) is 6.42 Å². The number of halogens is 5. The van der Waals surface area contributed by atoms with Crippen LogP contribution in [0.15, 0.2) is 24.3 Å². The van der Waals surface area contributed by atoms with Crippen LogP contribution in [-0.2, 0) is 16.0 Å². The highest BCUT2D eigenvalue weighted by Crippen LogP contribution is 2.29. The van der Waals surface area contributed by atoms with Crippen molar-refractivity contribution in [1.82, 2.24) is 5.32 Å². The summed E-state index contributed by atoms with van der Waals surface area (Å²) in [6.07, 6.45) is -1.33. The lowest BCUT2D eigenvalue weighted by atomic mass is 10.1. The molecule has 0 radical (unpaired) electrons. The van der Waals surface area contributed by atoms with Gasteiger partial charge in [-0.3, -0.25) is 0 Å². The molecule has 1 amide bonds. The number of alkyl carbamates (subject to hydrolysis) is 1. The van der Waals surface area contributed by atoms with Gasteiger partial charge in [-0.25, -0.2) is 22.8 Å². The number of amides is 1. The number of carbonyl (C=O) groups excluding carboxylic acids is 2. The van der Waals surface area contributed by atoms with Crippen LogP contribution in [-0.4, -0.2) is 29.3 Å². The molecule has 1 atom stereocenters. The summed E-state index contributed by atoms with van der Waals surface area (Å²) in [6.45, 7) is 10.2. The molecule has 0 aliphatic heterocycles. The highest BCUT2D eigenvalue weighted by atomic mass is 19.2. The zero-order valence-electron chi connectivity index (χ0n) is 20.0. The van der Waals surface area contributed by atoms with E-state index in [0.29, 0.717) is 11.3 Å². The number of rotatable bonds is 6. The zero-order chi connectivity index (χ0) is 26.7. The molecule has 0 fully saturated rings. The molecule has 192 valence electrons. The van der Waals surface area contributed by atoms with E-state index in [0.717, 1.165) is 0 Å². The Bertz CT molecular complexity index is 1060. The van der Waals surface area contributed by atoms with E-state index in [1.54, 1.807) is 45.0 Å². The Morgan fingerprint density at radius 1 is 0.800 bits per heavy atom. The normalized spacial score (nSPS) is 12.7. The highest BCUT2D eigenvalue weighted by Gasteiger charge is 2.32. The molecule has 1 N–H and O–H groups in total. The van der Waals surface area contributed by atoms with Gasteiger partial charge < -0.3 is 19.5 Å². The van der Waals surface area contributed by atoms with Crippen LogP contribution >= 0.6 is 0 Å². The Labute approximate surface area is 199 Å². The molecule has 0 saturated carbocycles. The molecule has 0 spiro atoms. The number of nitrogens with one attached hydrogen (secondary N) is 1. The molecule has 0 aliphatic carbocycles. The smallest absolute Gasteiger partial charge is 0.408 e. The molecular formula is C24H26F5NO5. The van der Waals surface area contributed by atoms with E-state index >= 15 is 0 Å². The molecule has 35 heavy (non-hydrogen) atoms. The molecule has 2 rings (SSSR count). The monoisotopic (exact) mass is 503 g/mol. The number of hydrogen-bond donors (Lipinski definition) is 1. The SMILES string of the molecule is CC(C)(C)OC(=O)N[C@@H](Cc1ccc(OC(C)(C)C)cc1)C(=O)Oc1c(F)c(F)c(F)c(F)c1F. The summed E-state index contributed by atoms with van der Waals surface area (Å²) in [5, 5.41) is 2.20. The van der Waals surface area contributed by atoms with Crippen LogP contribution in [0.5, 0.6) is 11.5 Å². The minimum absolute atomic E-state index is 0.261. The predicted molar refractivity (Wildman–Crippen MR) is 116 cm³/mol. The molecular weight excluding hydrogens is 477 g/mol. The molecule has 2 aromatic carbocycles. The molecule has 0 saturated heterocycles. The number of ether oxygens (including phenoxy) is 3. The molecule has 0 unspecified atom stereocenters. The summed E-state index contributed by atoms with van der Waals surface area (Å²) >= 11 is 0. The number of hydrogen-bond acceptors (Lipinski definition) is 5. The standard InChI is InChI=1S/C24H26F5NO5/c1-23(2,3)34-13-9-7-12(8-10-13)11-14(30-22(32)35-24(4,5)6)21(31)33-20-18(28)16(26)15(25)17(27)19(20)29/h7-10,14H,11H2,1-6H3,(H,30,32)/t14-/m0/s1. The number of benzene rings is 2. The Hall–Kier alpha value is -3.37. The average Bonchev–Trinajstić information content (AvgIpc) is 2.72. The van der Waals surface area contributed by atoms with Crippen LogP contribution in [0.25, 0.3) is 0 Å². The summed E-state index contributed by atoms with van der Waals surface area (Å²) in [5.74, 6) is -14.4. The van der Waals surface area contributed by atoms with Gasteiger partial charge >= 0.3 is 12.1 Å². The summed E-state index contributed by atoms with van der Waals surface area (Å²) in [5.41, 5.74) is -0.965.